The molecule has 0 aliphatic rings. The second-order valence-corrected chi connectivity index (χ2v) is 4.10. The van der Waals surface area contributed by atoms with Gasteiger partial charge in [0.1, 0.15) is 11.8 Å². The van der Waals surface area contributed by atoms with Gasteiger partial charge in [-0.1, -0.05) is 34.1 Å². The van der Waals surface area contributed by atoms with Crippen molar-refractivity contribution in [1.29, 1.82) is 0 Å². The summed E-state index contributed by atoms with van der Waals surface area (Å²) in [4.78, 5) is 22.5. The highest BCUT2D eigenvalue weighted by atomic mass is 79.9. The van der Waals surface area contributed by atoms with Crippen LogP contribution >= 0.6 is 15.9 Å². The summed E-state index contributed by atoms with van der Waals surface area (Å²) < 4.78 is 5.21. The minimum Gasteiger partial charge on any atom is -0.463 e. The summed E-state index contributed by atoms with van der Waals surface area (Å²) in [6.45, 7) is 0. The molecule has 17 heavy (non-hydrogen) atoms. The molecule has 2 rings (SSSR count). The Morgan fingerprint density at radius 3 is 2.88 bits per heavy atom. The molecule has 86 valence electrons. The van der Waals surface area contributed by atoms with Crippen LogP contribution in [0.1, 0.15) is 15.9 Å². The van der Waals surface area contributed by atoms with E-state index >= 15 is 0 Å². The largest absolute Gasteiger partial charge is 0.463 e. The average Bonchev–Trinajstić information content (AvgIpc) is 2.37. The second-order valence-electron chi connectivity index (χ2n) is 3.45. The minimum absolute atomic E-state index is 0.0409. The summed E-state index contributed by atoms with van der Waals surface area (Å²) in [7, 11) is 0. The molecular formula is C13H9BrO3. The number of alkyl halides is 1. The highest BCUT2D eigenvalue weighted by Crippen LogP contribution is 2.14. The van der Waals surface area contributed by atoms with Gasteiger partial charge in [-0.15, -0.1) is 0 Å². The molecule has 1 aromatic heterocycles. The molecule has 0 amide bonds. The topological polar surface area (TPSA) is 47.3 Å². The van der Waals surface area contributed by atoms with Gasteiger partial charge in [0.05, 0.1) is 10.9 Å². The minimum atomic E-state index is -0.296. The summed E-state index contributed by atoms with van der Waals surface area (Å²) in [5, 5.41) is 1.17. The van der Waals surface area contributed by atoms with E-state index in [-0.39, 0.29) is 11.0 Å². The van der Waals surface area contributed by atoms with Crippen molar-refractivity contribution < 1.29 is 9.21 Å². The zero-order valence-corrected chi connectivity index (χ0v) is 10.4. The van der Waals surface area contributed by atoms with Crippen LogP contribution in [0, 0.1) is 0 Å². The van der Waals surface area contributed by atoms with Gasteiger partial charge < -0.3 is 4.42 Å². The first-order valence-electron chi connectivity index (χ1n) is 4.99. The fourth-order valence-corrected chi connectivity index (χ4v) is 1.72. The molecule has 0 atom stereocenters. The summed E-state index contributed by atoms with van der Waals surface area (Å²) in [6.07, 6.45) is 5.51. The van der Waals surface area contributed by atoms with Gasteiger partial charge >= 0.3 is 0 Å². The number of hydrogen-bond acceptors (Lipinski definition) is 3. The first-order chi connectivity index (χ1) is 8.26. The maximum atomic E-state index is 11.9. The molecule has 0 fully saturated rings. The Kier molecular flexibility index (Phi) is 3.54. The number of halogens is 1. The second kappa shape index (κ2) is 5.10. The predicted molar refractivity (Wildman–Crippen MR) is 70.7 cm³/mol. The molecule has 0 aliphatic carbocycles. The predicted octanol–water partition coefficient (Wildman–Crippen LogP) is 3.01. The van der Waals surface area contributed by atoms with Crippen LogP contribution in [0.15, 0.2) is 39.7 Å². The van der Waals surface area contributed by atoms with E-state index in [0.717, 1.165) is 10.9 Å². The molecule has 0 aliphatic heterocycles. The maximum absolute atomic E-state index is 11.9. The van der Waals surface area contributed by atoms with Crippen LogP contribution in [0.2, 0.25) is 0 Å². The van der Waals surface area contributed by atoms with Crippen LogP contribution < -0.4 is 5.43 Å². The van der Waals surface area contributed by atoms with Crippen LogP contribution in [0.5, 0.6) is 0 Å². The van der Waals surface area contributed by atoms with Gasteiger partial charge in [-0.05, 0) is 17.7 Å². The molecule has 1 aromatic carbocycles. The normalized spacial score (nSPS) is 11.1. The number of benzene rings is 1. The summed E-state index contributed by atoms with van der Waals surface area (Å²) >= 11 is 3.28. The molecule has 4 heteroatoms. The van der Waals surface area contributed by atoms with Gasteiger partial charge in [0.25, 0.3) is 0 Å². The van der Waals surface area contributed by atoms with E-state index in [1.54, 1.807) is 12.1 Å². The van der Waals surface area contributed by atoms with E-state index in [4.69, 9.17) is 4.42 Å². The van der Waals surface area contributed by atoms with Gasteiger partial charge in [0.15, 0.2) is 6.29 Å². The Labute approximate surface area is 106 Å². The molecule has 0 unspecified atom stereocenters. The Morgan fingerprint density at radius 2 is 2.18 bits per heavy atom. The van der Waals surface area contributed by atoms with E-state index in [0.29, 0.717) is 17.3 Å². The average molecular weight is 293 g/mol. The van der Waals surface area contributed by atoms with Crippen molar-refractivity contribution in [3.8, 4) is 0 Å². The van der Waals surface area contributed by atoms with E-state index in [2.05, 4.69) is 15.9 Å². The lowest BCUT2D eigenvalue weighted by atomic mass is 10.1. The molecule has 0 saturated heterocycles. The zero-order chi connectivity index (χ0) is 12.3. The van der Waals surface area contributed by atoms with Gasteiger partial charge in [-0.3, -0.25) is 9.59 Å². The lowest BCUT2D eigenvalue weighted by molar-refractivity contribution is 0.112. The summed E-state index contributed by atoms with van der Waals surface area (Å²) in [5.41, 5.74) is 1.12. The molecule has 3 nitrogen and oxygen atoms in total. The van der Waals surface area contributed by atoms with Crippen LogP contribution in [-0.4, -0.2) is 11.6 Å². The van der Waals surface area contributed by atoms with Crippen LogP contribution in [-0.2, 0) is 0 Å². The van der Waals surface area contributed by atoms with Crippen molar-refractivity contribution in [1.82, 2.24) is 0 Å². The monoisotopic (exact) mass is 292 g/mol. The van der Waals surface area contributed by atoms with E-state index in [9.17, 15) is 9.59 Å². The lowest BCUT2D eigenvalue weighted by Gasteiger charge is -1.99. The standard InChI is InChI=1S/C13H9BrO3/c14-5-1-2-9-3-4-12-11(6-9)13(16)10(7-15)8-17-12/h1-4,6-8H,5H2. The van der Waals surface area contributed by atoms with E-state index < -0.39 is 0 Å². The number of carbonyl (C=O) groups excluding carboxylic acids is 1. The number of rotatable bonds is 3. The Hall–Kier alpha value is -1.68. The Bertz CT molecular complexity index is 641. The van der Waals surface area contributed by atoms with Crippen molar-refractivity contribution in [2.75, 3.05) is 5.33 Å². The van der Waals surface area contributed by atoms with E-state index in [1.807, 2.05) is 18.2 Å². The molecular weight excluding hydrogens is 284 g/mol. The van der Waals surface area contributed by atoms with Crippen LogP contribution in [0.3, 0.4) is 0 Å². The van der Waals surface area contributed by atoms with Gasteiger partial charge in [-0.2, -0.15) is 0 Å². The zero-order valence-electron chi connectivity index (χ0n) is 8.85. The lowest BCUT2D eigenvalue weighted by Crippen LogP contribution is -2.07. The number of carbonyl (C=O) groups is 1. The number of hydrogen-bond donors (Lipinski definition) is 0. The summed E-state index contributed by atoms with van der Waals surface area (Å²) in [5.74, 6) is 0. The quantitative estimate of drug-likeness (QED) is 0.645. The Morgan fingerprint density at radius 1 is 1.35 bits per heavy atom. The molecule has 2 aromatic rings. The van der Waals surface area contributed by atoms with Crippen molar-refractivity contribution >= 4 is 39.3 Å². The molecule has 0 bridgehead atoms. The Balaban J connectivity index is 2.66. The van der Waals surface area contributed by atoms with Gasteiger partial charge in [-0.25, -0.2) is 0 Å². The first kappa shape index (κ1) is 11.8. The SMILES string of the molecule is O=Cc1coc2ccc(C=CCBr)cc2c1=O. The maximum Gasteiger partial charge on any atom is 0.203 e. The number of fused-ring (bicyclic) bond motifs is 1. The van der Waals surface area contributed by atoms with Crippen LogP contribution in [0.25, 0.3) is 17.0 Å². The molecule has 0 saturated carbocycles. The summed E-state index contributed by atoms with van der Waals surface area (Å²) in [6, 6.07) is 5.29. The molecule has 1 heterocycles. The van der Waals surface area contributed by atoms with Gasteiger partial charge in [0, 0.05) is 5.33 Å². The third kappa shape index (κ3) is 2.36. The van der Waals surface area contributed by atoms with Crippen LogP contribution in [0.4, 0.5) is 0 Å². The van der Waals surface area contributed by atoms with Gasteiger partial charge in [0.2, 0.25) is 5.43 Å². The van der Waals surface area contributed by atoms with E-state index in [1.165, 1.54) is 6.26 Å². The smallest absolute Gasteiger partial charge is 0.203 e. The third-order valence-corrected chi connectivity index (χ3v) is 2.72. The van der Waals surface area contributed by atoms with Crippen molar-refractivity contribution in [2.24, 2.45) is 0 Å². The fourth-order valence-electron chi connectivity index (χ4n) is 1.53. The van der Waals surface area contributed by atoms with Crippen molar-refractivity contribution in [3.63, 3.8) is 0 Å². The number of aldehydes is 1. The third-order valence-electron chi connectivity index (χ3n) is 2.35. The number of allylic oxidation sites excluding steroid dienone is 1. The molecule has 0 radical (unpaired) electrons. The highest BCUT2D eigenvalue weighted by Gasteiger charge is 2.05. The van der Waals surface area contributed by atoms with Crippen molar-refractivity contribution in [3.05, 3.63) is 51.9 Å². The first-order valence-corrected chi connectivity index (χ1v) is 6.11. The molecule has 0 N–H and O–H groups in total. The highest BCUT2D eigenvalue weighted by molar-refractivity contribution is 9.09. The van der Waals surface area contributed by atoms with Crippen molar-refractivity contribution in [2.45, 2.75) is 0 Å². The molecule has 0 spiro atoms. The fraction of sp³-hybridized carbons (Fsp3) is 0.0769.